The molecule has 0 saturated carbocycles. The second-order valence-corrected chi connectivity index (χ2v) is 5.39. The van der Waals surface area contributed by atoms with Crippen LogP contribution in [0.5, 0.6) is 5.75 Å². The summed E-state index contributed by atoms with van der Waals surface area (Å²) in [7, 11) is 0. The van der Waals surface area contributed by atoms with E-state index in [0.29, 0.717) is 17.0 Å². The number of benzene rings is 2. The molecule has 6 nitrogen and oxygen atoms in total. The minimum atomic E-state index is -0.931. The summed E-state index contributed by atoms with van der Waals surface area (Å²) in [6.07, 6.45) is -0.931. The lowest BCUT2D eigenvalue weighted by Crippen LogP contribution is -2.37. The van der Waals surface area contributed by atoms with E-state index in [1.165, 1.54) is 31.2 Å². The predicted molar refractivity (Wildman–Crippen MR) is 91.4 cm³/mol. The van der Waals surface area contributed by atoms with E-state index in [2.05, 4.69) is 10.6 Å². The first kappa shape index (κ1) is 18.4. The van der Waals surface area contributed by atoms with E-state index in [-0.39, 0.29) is 24.8 Å². The van der Waals surface area contributed by atoms with Crippen LogP contribution in [0, 0.1) is 5.82 Å². The van der Waals surface area contributed by atoms with Crippen LogP contribution >= 0.6 is 0 Å². The number of hydrogen-bond acceptors (Lipinski definition) is 4. The van der Waals surface area contributed by atoms with Crippen molar-refractivity contribution in [2.75, 3.05) is 18.5 Å². The molecule has 0 bridgehead atoms. The number of Topliss-reactive ketones (excluding diaryl/α,β-unsaturated/α-hetero) is 1. The smallest absolute Gasteiger partial charge is 0.319 e. The number of amides is 2. The van der Waals surface area contributed by atoms with Crippen LogP contribution in [0.25, 0.3) is 0 Å². The molecule has 2 rings (SSSR count). The number of hydrogen-bond donors (Lipinski definition) is 3. The minimum Gasteiger partial charge on any atom is -0.491 e. The molecule has 0 fully saturated rings. The third-order valence-corrected chi connectivity index (χ3v) is 3.28. The number of ether oxygens (including phenoxy) is 1. The molecule has 0 aromatic heterocycles. The zero-order valence-corrected chi connectivity index (χ0v) is 13.7. The molecule has 0 radical (unpaired) electrons. The number of anilines is 1. The van der Waals surface area contributed by atoms with Crippen molar-refractivity contribution >= 4 is 17.5 Å². The Morgan fingerprint density at radius 1 is 1.20 bits per heavy atom. The minimum absolute atomic E-state index is 0.0283. The summed E-state index contributed by atoms with van der Waals surface area (Å²) in [6.45, 7) is 1.36. The van der Waals surface area contributed by atoms with Crippen molar-refractivity contribution < 1.29 is 23.8 Å². The zero-order chi connectivity index (χ0) is 18.2. The summed E-state index contributed by atoms with van der Waals surface area (Å²) >= 11 is 0. The molecule has 132 valence electrons. The first-order valence-electron chi connectivity index (χ1n) is 7.66. The summed E-state index contributed by atoms with van der Waals surface area (Å²) in [5, 5.41) is 14.9. The van der Waals surface area contributed by atoms with Crippen molar-refractivity contribution in [1.82, 2.24) is 5.32 Å². The summed E-state index contributed by atoms with van der Waals surface area (Å²) in [4.78, 5) is 23.1. The SMILES string of the molecule is CC(=O)c1cccc(NC(=O)NC[C@H](O)COc2ccc(F)cc2)c1. The second kappa shape index (κ2) is 8.79. The van der Waals surface area contributed by atoms with Crippen molar-refractivity contribution in [2.24, 2.45) is 0 Å². The second-order valence-electron chi connectivity index (χ2n) is 5.39. The lowest BCUT2D eigenvalue weighted by atomic mass is 10.1. The Hall–Kier alpha value is -2.93. The van der Waals surface area contributed by atoms with Gasteiger partial charge in [-0.25, -0.2) is 9.18 Å². The topological polar surface area (TPSA) is 87.7 Å². The summed E-state index contributed by atoms with van der Waals surface area (Å²) in [5.74, 6) is -0.0524. The molecule has 0 aliphatic heterocycles. The fourth-order valence-electron chi connectivity index (χ4n) is 1.98. The lowest BCUT2D eigenvalue weighted by molar-refractivity contribution is 0.101. The molecular weight excluding hydrogens is 327 g/mol. The highest BCUT2D eigenvalue weighted by Gasteiger charge is 2.09. The van der Waals surface area contributed by atoms with E-state index in [4.69, 9.17) is 4.74 Å². The molecule has 2 amide bonds. The highest BCUT2D eigenvalue weighted by Crippen LogP contribution is 2.12. The third kappa shape index (κ3) is 6.23. The molecule has 1 atom stereocenters. The molecule has 25 heavy (non-hydrogen) atoms. The normalized spacial score (nSPS) is 11.5. The van der Waals surface area contributed by atoms with Gasteiger partial charge in [-0.05, 0) is 43.3 Å². The van der Waals surface area contributed by atoms with E-state index in [0.717, 1.165) is 0 Å². The van der Waals surface area contributed by atoms with E-state index >= 15 is 0 Å². The van der Waals surface area contributed by atoms with Gasteiger partial charge in [-0.1, -0.05) is 12.1 Å². The first-order chi connectivity index (χ1) is 11.9. The van der Waals surface area contributed by atoms with Gasteiger partial charge < -0.3 is 20.5 Å². The van der Waals surface area contributed by atoms with E-state index in [1.54, 1.807) is 24.3 Å². The van der Waals surface area contributed by atoms with Crippen LogP contribution < -0.4 is 15.4 Å². The number of halogens is 1. The fraction of sp³-hybridized carbons (Fsp3) is 0.222. The molecular formula is C18H19FN2O4. The van der Waals surface area contributed by atoms with Crippen LogP contribution in [0.3, 0.4) is 0 Å². The predicted octanol–water partition coefficient (Wildman–Crippen LogP) is 2.59. The fourth-order valence-corrected chi connectivity index (χ4v) is 1.98. The third-order valence-electron chi connectivity index (χ3n) is 3.28. The molecule has 0 saturated heterocycles. The molecule has 3 N–H and O–H groups in total. The molecule has 7 heteroatoms. The van der Waals surface area contributed by atoms with Gasteiger partial charge >= 0.3 is 6.03 Å². The lowest BCUT2D eigenvalue weighted by Gasteiger charge is -2.14. The Morgan fingerprint density at radius 3 is 2.60 bits per heavy atom. The maximum atomic E-state index is 12.8. The van der Waals surface area contributed by atoms with Gasteiger partial charge in [-0.15, -0.1) is 0 Å². The maximum Gasteiger partial charge on any atom is 0.319 e. The van der Waals surface area contributed by atoms with Crippen molar-refractivity contribution in [3.8, 4) is 5.75 Å². The average molecular weight is 346 g/mol. The summed E-state index contributed by atoms with van der Waals surface area (Å²) in [5.41, 5.74) is 0.966. The highest BCUT2D eigenvalue weighted by molar-refractivity contribution is 5.96. The zero-order valence-electron chi connectivity index (χ0n) is 13.7. The van der Waals surface area contributed by atoms with Gasteiger partial charge in [0.1, 0.15) is 24.3 Å². The van der Waals surface area contributed by atoms with Gasteiger partial charge in [0.25, 0.3) is 0 Å². The maximum absolute atomic E-state index is 12.8. The van der Waals surface area contributed by atoms with Crippen molar-refractivity contribution in [3.63, 3.8) is 0 Å². The van der Waals surface area contributed by atoms with Crippen molar-refractivity contribution in [3.05, 3.63) is 59.9 Å². The van der Waals surface area contributed by atoms with E-state index in [1.807, 2.05) is 0 Å². The quantitative estimate of drug-likeness (QED) is 0.673. The van der Waals surface area contributed by atoms with Crippen LogP contribution in [-0.2, 0) is 0 Å². The van der Waals surface area contributed by atoms with Crippen LogP contribution in [-0.4, -0.2) is 36.2 Å². The molecule has 0 spiro atoms. The summed E-state index contributed by atoms with van der Waals surface area (Å²) < 4.78 is 18.1. The number of carbonyl (C=O) groups excluding carboxylic acids is 2. The number of aliphatic hydroxyl groups is 1. The van der Waals surface area contributed by atoms with Gasteiger partial charge in [0.05, 0.1) is 0 Å². The van der Waals surface area contributed by atoms with Crippen LogP contribution in [0.15, 0.2) is 48.5 Å². The van der Waals surface area contributed by atoms with Crippen molar-refractivity contribution in [1.29, 1.82) is 0 Å². The molecule has 2 aromatic rings. The van der Waals surface area contributed by atoms with Gasteiger partial charge in [0.15, 0.2) is 5.78 Å². The van der Waals surface area contributed by atoms with E-state index < -0.39 is 12.1 Å². The van der Waals surface area contributed by atoms with Gasteiger partial charge in [-0.2, -0.15) is 0 Å². The molecule has 0 unspecified atom stereocenters. The Labute approximate surface area is 144 Å². The van der Waals surface area contributed by atoms with Crippen LogP contribution in [0.2, 0.25) is 0 Å². The molecule has 0 aliphatic rings. The number of carbonyl (C=O) groups is 2. The Bertz CT molecular complexity index is 734. The standard InChI is InChI=1S/C18H19FN2O4/c1-12(22)13-3-2-4-15(9-13)21-18(24)20-10-16(23)11-25-17-7-5-14(19)6-8-17/h2-9,16,23H,10-11H2,1H3,(H2,20,21,24)/t16-/m0/s1. The van der Waals surface area contributed by atoms with Gasteiger partial charge in [0, 0.05) is 17.8 Å². The van der Waals surface area contributed by atoms with Crippen molar-refractivity contribution in [2.45, 2.75) is 13.0 Å². The van der Waals surface area contributed by atoms with E-state index in [9.17, 15) is 19.1 Å². The summed E-state index contributed by atoms with van der Waals surface area (Å²) in [6, 6.07) is 11.4. The Morgan fingerprint density at radius 2 is 1.92 bits per heavy atom. The average Bonchev–Trinajstić information content (AvgIpc) is 2.59. The monoisotopic (exact) mass is 346 g/mol. The number of ketones is 1. The number of rotatable bonds is 7. The Balaban J connectivity index is 1.74. The number of urea groups is 1. The van der Waals surface area contributed by atoms with Gasteiger partial charge in [-0.3, -0.25) is 4.79 Å². The van der Waals surface area contributed by atoms with Crippen LogP contribution in [0.1, 0.15) is 17.3 Å². The van der Waals surface area contributed by atoms with Crippen LogP contribution in [0.4, 0.5) is 14.9 Å². The van der Waals surface area contributed by atoms with Gasteiger partial charge in [0.2, 0.25) is 0 Å². The number of nitrogens with one attached hydrogen (secondary N) is 2. The Kier molecular flexibility index (Phi) is 6.47. The molecule has 2 aromatic carbocycles. The largest absolute Gasteiger partial charge is 0.491 e. The molecule has 0 heterocycles. The number of aliphatic hydroxyl groups excluding tert-OH is 1. The first-order valence-corrected chi connectivity index (χ1v) is 7.66. The highest BCUT2D eigenvalue weighted by atomic mass is 19.1. The molecule has 0 aliphatic carbocycles.